The highest BCUT2D eigenvalue weighted by molar-refractivity contribution is 6.10. The quantitative estimate of drug-likeness (QED) is 0.128. The average molecular weight is 479 g/mol. The van der Waals surface area contributed by atoms with Crippen molar-refractivity contribution in [3.8, 4) is 11.5 Å². The first-order valence-electron chi connectivity index (χ1n) is 12.9. The normalized spacial score (nSPS) is 11.1. The summed E-state index contributed by atoms with van der Waals surface area (Å²) in [6.45, 7) is 2.25. The van der Waals surface area contributed by atoms with Crippen molar-refractivity contribution in [1.29, 1.82) is 0 Å². The Bertz CT molecular complexity index is 1140. The third-order valence-corrected chi connectivity index (χ3v) is 6.52. The van der Waals surface area contributed by atoms with Crippen molar-refractivity contribution in [2.75, 3.05) is 14.2 Å². The van der Waals surface area contributed by atoms with Crippen molar-refractivity contribution in [2.45, 2.75) is 77.6 Å². The van der Waals surface area contributed by atoms with Crippen LogP contribution in [0.1, 0.15) is 92.6 Å². The maximum Gasteiger partial charge on any atom is 0.347 e. The summed E-state index contributed by atoms with van der Waals surface area (Å²) in [5.41, 5.74) is 1.31. The maximum atomic E-state index is 13.1. The molecule has 0 atom stereocenters. The highest BCUT2D eigenvalue weighted by atomic mass is 16.5. The molecule has 0 amide bonds. The summed E-state index contributed by atoms with van der Waals surface area (Å²) in [5.74, 6) is 0.627. The Morgan fingerprint density at radius 3 is 2.03 bits per heavy atom. The Hall–Kier alpha value is -3.08. The first kappa shape index (κ1) is 26.5. The van der Waals surface area contributed by atoms with Gasteiger partial charge in [0.1, 0.15) is 22.6 Å². The topological polar surface area (TPSA) is 65.7 Å². The van der Waals surface area contributed by atoms with Crippen LogP contribution in [-0.2, 0) is 6.42 Å². The smallest absolute Gasteiger partial charge is 0.347 e. The number of ether oxygens (including phenoxy) is 2. The molecule has 2 aromatic carbocycles. The molecule has 1 aromatic heterocycles. The molecule has 35 heavy (non-hydrogen) atoms. The second-order valence-corrected chi connectivity index (χ2v) is 9.15. The maximum absolute atomic E-state index is 13.1. The molecule has 0 N–H and O–H groups in total. The SMILES string of the molecule is CCCCCCCCCCCCc1ccc(C(=O)c2cc3c(OC)cc(OC)cc3oc2=O)cc1. The van der Waals surface area contributed by atoms with E-state index < -0.39 is 5.63 Å². The van der Waals surface area contributed by atoms with Crippen molar-refractivity contribution in [3.63, 3.8) is 0 Å². The number of benzene rings is 2. The molecule has 0 aliphatic rings. The fraction of sp³-hybridized carbons (Fsp3) is 0.467. The van der Waals surface area contributed by atoms with E-state index in [-0.39, 0.29) is 11.3 Å². The Morgan fingerprint density at radius 2 is 1.43 bits per heavy atom. The second kappa shape index (κ2) is 13.7. The van der Waals surface area contributed by atoms with E-state index in [1.165, 1.54) is 77.6 Å². The summed E-state index contributed by atoms with van der Waals surface area (Å²) in [6, 6.07) is 12.4. The number of hydrogen-bond acceptors (Lipinski definition) is 5. The third kappa shape index (κ3) is 7.45. The van der Waals surface area contributed by atoms with Gasteiger partial charge in [0.15, 0.2) is 5.78 Å². The molecule has 0 fully saturated rings. The Kier molecular flexibility index (Phi) is 10.4. The number of carbonyl (C=O) groups is 1. The number of hydrogen-bond donors (Lipinski definition) is 0. The molecule has 0 bridgehead atoms. The largest absolute Gasteiger partial charge is 0.496 e. The van der Waals surface area contributed by atoms with Gasteiger partial charge in [0, 0.05) is 17.7 Å². The predicted octanol–water partition coefficient (Wildman–Crippen LogP) is 7.50. The first-order chi connectivity index (χ1) is 17.1. The zero-order chi connectivity index (χ0) is 25.0. The molecule has 3 aromatic rings. The van der Waals surface area contributed by atoms with E-state index in [2.05, 4.69) is 6.92 Å². The average Bonchev–Trinajstić information content (AvgIpc) is 2.88. The first-order valence-corrected chi connectivity index (χ1v) is 12.9. The van der Waals surface area contributed by atoms with Crippen LogP contribution in [-0.4, -0.2) is 20.0 Å². The molecule has 0 aliphatic carbocycles. The van der Waals surface area contributed by atoms with E-state index in [9.17, 15) is 9.59 Å². The fourth-order valence-corrected chi connectivity index (χ4v) is 4.40. The molecular formula is C30H38O5. The van der Waals surface area contributed by atoms with Crippen molar-refractivity contribution >= 4 is 16.8 Å². The fourth-order valence-electron chi connectivity index (χ4n) is 4.40. The molecule has 0 aliphatic heterocycles. The molecule has 5 heteroatoms. The summed E-state index contributed by atoms with van der Waals surface area (Å²) in [7, 11) is 3.05. The summed E-state index contributed by atoms with van der Waals surface area (Å²) >= 11 is 0. The minimum atomic E-state index is -0.674. The predicted molar refractivity (Wildman–Crippen MR) is 141 cm³/mol. The minimum absolute atomic E-state index is 0.0107. The van der Waals surface area contributed by atoms with Gasteiger partial charge >= 0.3 is 5.63 Å². The Labute approximate surface area is 208 Å². The standard InChI is InChI=1S/C30H38O5/c1-4-5-6-7-8-9-10-11-12-13-14-22-15-17-23(18-16-22)29(31)26-21-25-27(34-3)19-24(33-2)20-28(25)35-30(26)32/h15-21H,4-14H2,1-3H3. The highest BCUT2D eigenvalue weighted by Gasteiger charge is 2.18. The highest BCUT2D eigenvalue weighted by Crippen LogP contribution is 2.31. The lowest BCUT2D eigenvalue weighted by Gasteiger charge is -2.09. The van der Waals surface area contributed by atoms with Gasteiger partial charge in [0.05, 0.1) is 19.6 Å². The van der Waals surface area contributed by atoms with E-state index in [1.807, 2.05) is 12.1 Å². The van der Waals surface area contributed by atoms with Crippen molar-refractivity contribution < 1.29 is 18.7 Å². The van der Waals surface area contributed by atoms with Gasteiger partial charge in [0.25, 0.3) is 0 Å². The van der Waals surface area contributed by atoms with Gasteiger partial charge < -0.3 is 13.9 Å². The second-order valence-electron chi connectivity index (χ2n) is 9.15. The van der Waals surface area contributed by atoms with Gasteiger partial charge in [0.2, 0.25) is 0 Å². The number of carbonyl (C=O) groups excluding carboxylic acids is 1. The Morgan fingerprint density at radius 1 is 0.800 bits per heavy atom. The van der Waals surface area contributed by atoms with Crippen molar-refractivity contribution in [3.05, 3.63) is 69.6 Å². The molecule has 0 saturated carbocycles. The number of rotatable bonds is 15. The van der Waals surface area contributed by atoms with Crippen LogP contribution in [0.15, 0.2) is 51.7 Å². The summed E-state index contributed by atoms with van der Waals surface area (Å²) in [4.78, 5) is 25.6. The molecule has 0 unspecified atom stereocenters. The van der Waals surface area contributed by atoms with E-state index in [0.29, 0.717) is 28.0 Å². The van der Waals surface area contributed by atoms with Crippen LogP contribution in [0.4, 0.5) is 0 Å². The summed E-state index contributed by atoms with van der Waals surface area (Å²) in [5, 5.41) is 0.550. The molecule has 5 nitrogen and oxygen atoms in total. The summed E-state index contributed by atoms with van der Waals surface area (Å²) < 4.78 is 16.0. The molecule has 188 valence electrons. The van der Waals surface area contributed by atoms with Crippen LogP contribution >= 0.6 is 0 Å². The number of methoxy groups -OCH3 is 2. The van der Waals surface area contributed by atoms with Crippen LogP contribution < -0.4 is 15.1 Å². The molecule has 0 saturated heterocycles. The lowest BCUT2D eigenvalue weighted by Crippen LogP contribution is -2.15. The molecule has 3 rings (SSSR count). The van der Waals surface area contributed by atoms with E-state index >= 15 is 0 Å². The Balaban J connectivity index is 1.55. The van der Waals surface area contributed by atoms with Crippen LogP contribution in [0.2, 0.25) is 0 Å². The van der Waals surface area contributed by atoms with Gasteiger partial charge in [-0.15, -0.1) is 0 Å². The van der Waals surface area contributed by atoms with Crippen LogP contribution in [0.3, 0.4) is 0 Å². The van der Waals surface area contributed by atoms with Gasteiger partial charge in [-0.2, -0.15) is 0 Å². The van der Waals surface area contributed by atoms with E-state index in [0.717, 1.165) is 12.8 Å². The monoisotopic (exact) mass is 478 g/mol. The summed E-state index contributed by atoms with van der Waals surface area (Å²) in [6.07, 6.45) is 14.1. The van der Waals surface area contributed by atoms with Crippen LogP contribution in [0.25, 0.3) is 11.0 Å². The van der Waals surface area contributed by atoms with Crippen molar-refractivity contribution in [1.82, 2.24) is 0 Å². The number of fused-ring (bicyclic) bond motifs is 1. The minimum Gasteiger partial charge on any atom is -0.496 e. The molecule has 1 heterocycles. The lowest BCUT2D eigenvalue weighted by molar-refractivity contribution is 0.103. The lowest BCUT2D eigenvalue weighted by atomic mass is 9.99. The zero-order valence-electron chi connectivity index (χ0n) is 21.4. The van der Waals surface area contributed by atoms with Gasteiger partial charge in [-0.3, -0.25) is 4.79 Å². The number of ketones is 1. The van der Waals surface area contributed by atoms with Crippen LogP contribution in [0, 0.1) is 0 Å². The van der Waals surface area contributed by atoms with Crippen molar-refractivity contribution in [2.24, 2.45) is 0 Å². The zero-order valence-corrected chi connectivity index (χ0v) is 21.4. The van der Waals surface area contributed by atoms with E-state index in [4.69, 9.17) is 13.9 Å². The van der Waals surface area contributed by atoms with Gasteiger partial charge in [-0.25, -0.2) is 4.79 Å². The molecular weight excluding hydrogens is 440 g/mol. The molecule has 0 radical (unpaired) electrons. The van der Waals surface area contributed by atoms with E-state index in [1.54, 1.807) is 30.3 Å². The van der Waals surface area contributed by atoms with Gasteiger partial charge in [-0.1, -0.05) is 89.0 Å². The van der Waals surface area contributed by atoms with Gasteiger partial charge in [-0.05, 0) is 24.5 Å². The molecule has 0 spiro atoms. The number of aryl methyl sites for hydroxylation is 1. The van der Waals surface area contributed by atoms with Crippen LogP contribution in [0.5, 0.6) is 11.5 Å². The number of unbranched alkanes of at least 4 members (excludes halogenated alkanes) is 9. The third-order valence-electron chi connectivity index (χ3n) is 6.52.